The molecule has 1 aromatic carbocycles. The van der Waals surface area contributed by atoms with Gasteiger partial charge in [-0.2, -0.15) is 0 Å². The fourth-order valence-electron chi connectivity index (χ4n) is 1.50. The predicted molar refractivity (Wildman–Crippen MR) is 72.1 cm³/mol. The first-order chi connectivity index (χ1) is 9.14. The minimum Gasteiger partial charge on any atom is -0.369 e. The highest BCUT2D eigenvalue weighted by Gasteiger charge is 2.32. The average Bonchev–Trinajstić information content (AvgIpc) is 2.36. The van der Waals surface area contributed by atoms with Gasteiger partial charge in [-0.3, -0.25) is 4.79 Å². The summed E-state index contributed by atoms with van der Waals surface area (Å²) in [4.78, 5) is 11.7. The molecule has 6 nitrogen and oxygen atoms in total. The molecule has 0 spiro atoms. The van der Waals surface area contributed by atoms with Crippen LogP contribution < -0.4 is 10.5 Å². The number of amides is 1. The third-order valence-corrected chi connectivity index (χ3v) is 4.07. The van der Waals surface area contributed by atoms with Gasteiger partial charge >= 0.3 is 0 Å². The highest BCUT2D eigenvalue weighted by molar-refractivity contribution is 7.89. The number of hydrogen-bond acceptors (Lipinski definition) is 4. The second-order valence-electron chi connectivity index (χ2n) is 4.43. The molecule has 0 aromatic heterocycles. The molecule has 0 saturated heterocycles. The van der Waals surface area contributed by atoms with Crippen molar-refractivity contribution in [3.63, 3.8) is 0 Å². The fourth-order valence-corrected chi connectivity index (χ4v) is 2.17. The highest BCUT2D eigenvalue weighted by atomic mass is 32.2. The Balaban J connectivity index is 3.22. The molecule has 0 radical (unpaired) electrons. The maximum atomic E-state index is 13.2. The molecular weight excluding hydrogens is 287 g/mol. The number of carbonyl (C=O) groups is 1. The Morgan fingerprint density at radius 2 is 2.10 bits per heavy atom. The lowest BCUT2D eigenvalue weighted by molar-refractivity contribution is -0.136. The first kappa shape index (κ1) is 16.5. The second kappa shape index (κ2) is 5.86. The van der Waals surface area contributed by atoms with E-state index in [2.05, 4.69) is 5.32 Å². The number of nitrogens with one attached hydrogen (secondary N) is 1. The van der Waals surface area contributed by atoms with E-state index >= 15 is 0 Å². The molecule has 112 valence electrons. The van der Waals surface area contributed by atoms with E-state index < -0.39 is 27.3 Å². The summed E-state index contributed by atoms with van der Waals surface area (Å²) in [5.41, 5.74) is -1.36. The molecule has 1 unspecified atom stereocenters. The molecule has 0 aliphatic carbocycles. The Kier molecular flexibility index (Phi) is 4.85. The maximum absolute atomic E-state index is 13.2. The van der Waals surface area contributed by atoms with Crippen LogP contribution in [0.15, 0.2) is 23.1 Å². The van der Waals surface area contributed by atoms with Gasteiger partial charge in [0.15, 0.2) is 0 Å². The van der Waals surface area contributed by atoms with Crippen LogP contribution in [-0.2, 0) is 19.6 Å². The smallest absolute Gasteiger partial charge is 0.256 e. The Labute approximate surface area is 117 Å². The van der Waals surface area contributed by atoms with Crippen molar-refractivity contribution in [3.8, 4) is 0 Å². The van der Waals surface area contributed by atoms with Gasteiger partial charge in [0.2, 0.25) is 10.0 Å². The molecule has 0 bridgehead atoms. The van der Waals surface area contributed by atoms with E-state index in [0.717, 1.165) is 18.2 Å². The molecule has 1 rings (SSSR count). The van der Waals surface area contributed by atoms with Crippen LogP contribution in [0.5, 0.6) is 0 Å². The van der Waals surface area contributed by atoms with Crippen molar-refractivity contribution < 1.29 is 22.3 Å². The molecule has 0 aliphatic rings. The van der Waals surface area contributed by atoms with Crippen molar-refractivity contribution in [1.29, 1.82) is 0 Å². The third kappa shape index (κ3) is 3.53. The van der Waals surface area contributed by atoms with Gasteiger partial charge in [-0.1, -0.05) is 6.92 Å². The van der Waals surface area contributed by atoms with Crippen molar-refractivity contribution in [2.75, 3.05) is 12.4 Å². The van der Waals surface area contributed by atoms with E-state index in [1.807, 2.05) is 0 Å². The molecule has 3 N–H and O–H groups in total. The quantitative estimate of drug-likeness (QED) is 0.854. The van der Waals surface area contributed by atoms with Gasteiger partial charge in [-0.25, -0.2) is 17.9 Å². The van der Waals surface area contributed by atoms with E-state index in [1.54, 1.807) is 6.92 Å². The lowest BCUT2D eigenvalue weighted by Gasteiger charge is -2.25. The Morgan fingerprint density at radius 3 is 2.55 bits per heavy atom. The van der Waals surface area contributed by atoms with E-state index in [-0.39, 0.29) is 10.6 Å². The maximum Gasteiger partial charge on any atom is 0.256 e. The van der Waals surface area contributed by atoms with E-state index in [0.29, 0.717) is 6.42 Å². The summed E-state index contributed by atoms with van der Waals surface area (Å²) in [7, 11) is -2.72. The zero-order chi connectivity index (χ0) is 15.6. The molecule has 0 heterocycles. The number of anilines is 1. The first-order valence-corrected chi connectivity index (χ1v) is 7.37. The van der Waals surface area contributed by atoms with Crippen LogP contribution in [0.25, 0.3) is 0 Å². The van der Waals surface area contributed by atoms with Gasteiger partial charge in [-0.15, -0.1) is 0 Å². The van der Waals surface area contributed by atoms with Crippen LogP contribution in [0.3, 0.4) is 0 Å². The normalized spacial score (nSPS) is 14.7. The zero-order valence-electron chi connectivity index (χ0n) is 11.4. The van der Waals surface area contributed by atoms with Crippen molar-refractivity contribution in [3.05, 3.63) is 24.0 Å². The SMILES string of the molecule is CCC(C)(OC)C(=O)Nc1cc(F)ccc1S(N)(=O)=O. The minimum absolute atomic E-state index is 0.214. The largest absolute Gasteiger partial charge is 0.369 e. The monoisotopic (exact) mass is 304 g/mol. The lowest BCUT2D eigenvalue weighted by Crippen LogP contribution is -2.41. The van der Waals surface area contributed by atoms with Crippen molar-refractivity contribution in [2.24, 2.45) is 5.14 Å². The summed E-state index contributed by atoms with van der Waals surface area (Å²) < 4.78 is 41.1. The highest BCUT2D eigenvalue weighted by Crippen LogP contribution is 2.24. The summed E-state index contributed by atoms with van der Waals surface area (Å²) in [6.07, 6.45) is 0.357. The van der Waals surface area contributed by atoms with Crippen LogP contribution in [0, 0.1) is 5.82 Å². The van der Waals surface area contributed by atoms with Crippen molar-refractivity contribution >= 4 is 21.6 Å². The average molecular weight is 304 g/mol. The summed E-state index contributed by atoms with van der Waals surface area (Å²) >= 11 is 0. The van der Waals surface area contributed by atoms with Gasteiger partial charge in [-0.05, 0) is 31.5 Å². The van der Waals surface area contributed by atoms with Crippen LogP contribution >= 0.6 is 0 Å². The van der Waals surface area contributed by atoms with Gasteiger partial charge in [0.25, 0.3) is 5.91 Å². The molecule has 0 saturated carbocycles. The molecular formula is C12H17FN2O4S. The summed E-state index contributed by atoms with van der Waals surface area (Å²) in [6.45, 7) is 3.27. The summed E-state index contributed by atoms with van der Waals surface area (Å²) in [6, 6.07) is 2.84. The summed E-state index contributed by atoms with van der Waals surface area (Å²) in [5.74, 6) is -1.28. The Hall–Kier alpha value is -1.51. The zero-order valence-corrected chi connectivity index (χ0v) is 12.3. The van der Waals surface area contributed by atoms with Gasteiger partial charge in [0, 0.05) is 7.11 Å². The standard InChI is InChI=1S/C12H17FN2O4S/c1-4-12(2,19-3)11(16)15-9-7-8(13)5-6-10(9)20(14,17)18/h5-7H,4H2,1-3H3,(H,15,16)(H2,14,17,18). The Morgan fingerprint density at radius 1 is 1.50 bits per heavy atom. The molecule has 1 atom stereocenters. The third-order valence-electron chi connectivity index (χ3n) is 3.10. The van der Waals surface area contributed by atoms with Gasteiger partial charge < -0.3 is 10.1 Å². The molecule has 0 fully saturated rings. The molecule has 0 aliphatic heterocycles. The van der Waals surface area contributed by atoms with Gasteiger partial charge in [0.05, 0.1) is 5.69 Å². The van der Waals surface area contributed by atoms with Gasteiger partial charge in [0.1, 0.15) is 16.3 Å². The van der Waals surface area contributed by atoms with Crippen LogP contribution in [0.2, 0.25) is 0 Å². The number of hydrogen-bond donors (Lipinski definition) is 2. The number of nitrogens with two attached hydrogens (primary N) is 1. The van der Waals surface area contributed by atoms with Crippen LogP contribution in [0.1, 0.15) is 20.3 Å². The lowest BCUT2D eigenvalue weighted by atomic mass is 10.0. The number of halogens is 1. The molecule has 1 amide bonds. The topological polar surface area (TPSA) is 98.5 Å². The van der Waals surface area contributed by atoms with E-state index in [4.69, 9.17) is 9.88 Å². The molecule has 20 heavy (non-hydrogen) atoms. The number of carbonyl (C=O) groups excluding carboxylic acids is 1. The summed E-state index contributed by atoms with van der Waals surface area (Å²) in [5, 5.41) is 7.36. The van der Waals surface area contributed by atoms with E-state index in [9.17, 15) is 17.6 Å². The number of benzene rings is 1. The predicted octanol–water partition coefficient (Wildman–Crippen LogP) is 1.23. The van der Waals surface area contributed by atoms with Crippen LogP contribution in [0.4, 0.5) is 10.1 Å². The minimum atomic E-state index is -4.08. The number of sulfonamides is 1. The number of rotatable bonds is 5. The second-order valence-corrected chi connectivity index (χ2v) is 5.96. The number of primary sulfonamides is 1. The molecule has 1 aromatic rings. The van der Waals surface area contributed by atoms with E-state index in [1.165, 1.54) is 14.0 Å². The van der Waals surface area contributed by atoms with Crippen LogP contribution in [-0.4, -0.2) is 27.0 Å². The van der Waals surface area contributed by atoms with Crippen molar-refractivity contribution in [2.45, 2.75) is 30.8 Å². The number of methoxy groups -OCH3 is 1. The van der Waals surface area contributed by atoms with Crippen molar-refractivity contribution in [1.82, 2.24) is 0 Å². The number of ether oxygens (including phenoxy) is 1. The molecule has 8 heteroatoms. The first-order valence-electron chi connectivity index (χ1n) is 5.83. The Bertz CT molecular complexity index is 612. The fraction of sp³-hybridized carbons (Fsp3) is 0.417.